The van der Waals surface area contributed by atoms with E-state index in [1.165, 1.54) is 36.7 Å². The number of aromatic hydroxyl groups is 2. The van der Waals surface area contributed by atoms with Gasteiger partial charge in [-0.2, -0.15) is 0 Å². The van der Waals surface area contributed by atoms with E-state index in [9.17, 15) is 15.0 Å². The second-order valence-corrected chi connectivity index (χ2v) is 10.1. The SMILES string of the molecule is O=C1c2cc(O)ccc2-c2sc3cc(O)cc(-c4cccc(OCCN5CCCCC5)c4)c3c21. The highest BCUT2D eigenvalue weighted by Gasteiger charge is 2.33. The third kappa shape index (κ3) is 3.63. The first-order valence-electron chi connectivity index (χ1n) is 11.7. The number of hydrogen-bond donors (Lipinski definition) is 2. The molecule has 1 aromatic heterocycles. The Bertz CT molecular complexity index is 1420. The van der Waals surface area contributed by atoms with Crippen molar-refractivity contribution in [1.82, 2.24) is 4.90 Å². The van der Waals surface area contributed by atoms with E-state index in [1.54, 1.807) is 24.3 Å². The topological polar surface area (TPSA) is 70.0 Å². The van der Waals surface area contributed by atoms with E-state index in [1.807, 2.05) is 24.3 Å². The van der Waals surface area contributed by atoms with Crippen LogP contribution in [0.4, 0.5) is 0 Å². The largest absolute Gasteiger partial charge is 0.508 e. The van der Waals surface area contributed by atoms with Gasteiger partial charge >= 0.3 is 0 Å². The molecule has 3 aromatic carbocycles. The minimum atomic E-state index is -0.0898. The van der Waals surface area contributed by atoms with Gasteiger partial charge in [0.05, 0.1) is 0 Å². The van der Waals surface area contributed by atoms with Gasteiger partial charge in [0.1, 0.15) is 23.9 Å². The number of fused-ring (bicyclic) bond motifs is 5. The third-order valence-corrected chi connectivity index (χ3v) is 7.94. The van der Waals surface area contributed by atoms with Crippen molar-refractivity contribution >= 4 is 27.2 Å². The lowest BCUT2D eigenvalue weighted by Crippen LogP contribution is -2.33. The highest BCUT2D eigenvalue weighted by atomic mass is 32.1. The summed E-state index contributed by atoms with van der Waals surface area (Å²) >= 11 is 1.50. The molecule has 0 saturated carbocycles. The molecule has 1 aliphatic carbocycles. The molecule has 6 heteroatoms. The summed E-state index contributed by atoms with van der Waals surface area (Å²) in [4.78, 5) is 16.7. The van der Waals surface area contributed by atoms with Gasteiger partial charge in [-0.05, 0) is 79.5 Å². The van der Waals surface area contributed by atoms with Crippen LogP contribution in [0, 0.1) is 0 Å². The van der Waals surface area contributed by atoms with Crippen molar-refractivity contribution in [1.29, 1.82) is 0 Å². The first-order chi connectivity index (χ1) is 16.6. The van der Waals surface area contributed by atoms with Crippen molar-refractivity contribution in [2.24, 2.45) is 0 Å². The second-order valence-electron chi connectivity index (χ2n) is 9.01. The van der Waals surface area contributed by atoms with Crippen LogP contribution in [0.1, 0.15) is 35.2 Å². The number of piperidine rings is 1. The number of nitrogens with zero attached hydrogens (tertiary/aromatic N) is 1. The maximum Gasteiger partial charge on any atom is 0.195 e. The van der Waals surface area contributed by atoms with Crippen LogP contribution in [-0.4, -0.2) is 47.1 Å². The van der Waals surface area contributed by atoms with E-state index in [0.29, 0.717) is 17.7 Å². The van der Waals surface area contributed by atoms with Crippen LogP contribution in [0.25, 0.3) is 31.7 Å². The van der Waals surface area contributed by atoms with E-state index in [-0.39, 0.29) is 17.3 Å². The Hall–Kier alpha value is -3.35. The van der Waals surface area contributed by atoms with Crippen LogP contribution in [-0.2, 0) is 0 Å². The molecule has 6 rings (SSSR count). The lowest BCUT2D eigenvalue weighted by atomic mass is 9.97. The molecule has 0 atom stereocenters. The van der Waals surface area contributed by atoms with Gasteiger partial charge in [0.25, 0.3) is 0 Å². The van der Waals surface area contributed by atoms with Crippen molar-refractivity contribution in [3.8, 4) is 38.8 Å². The molecule has 0 radical (unpaired) electrons. The van der Waals surface area contributed by atoms with Gasteiger partial charge in [-0.1, -0.05) is 18.6 Å². The molecule has 4 aromatic rings. The lowest BCUT2D eigenvalue weighted by molar-refractivity contribution is 0.104. The number of benzene rings is 3. The predicted molar refractivity (Wildman–Crippen MR) is 135 cm³/mol. The molecule has 5 nitrogen and oxygen atoms in total. The Morgan fingerprint density at radius 2 is 1.71 bits per heavy atom. The van der Waals surface area contributed by atoms with Crippen molar-refractivity contribution < 1.29 is 19.7 Å². The molecular weight excluding hydrogens is 446 g/mol. The zero-order chi connectivity index (χ0) is 23.2. The van der Waals surface area contributed by atoms with E-state index >= 15 is 0 Å². The molecule has 34 heavy (non-hydrogen) atoms. The molecule has 2 N–H and O–H groups in total. The number of thiophene rings is 1. The fourth-order valence-electron chi connectivity index (χ4n) is 5.13. The highest BCUT2D eigenvalue weighted by Crippen LogP contribution is 2.50. The number of rotatable bonds is 5. The van der Waals surface area contributed by atoms with Gasteiger partial charge in [-0.3, -0.25) is 9.69 Å². The second kappa shape index (κ2) is 8.46. The van der Waals surface area contributed by atoms with Crippen molar-refractivity contribution in [2.75, 3.05) is 26.2 Å². The fourth-order valence-corrected chi connectivity index (χ4v) is 6.43. The molecule has 1 aliphatic heterocycles. The van der Waals surface area contributed by atoms with Crippen molar-refractivity contribution in [2.45, 2.75) is 19.3 Å². The van der Waals surface area contributed by atoms with E-state index in [0.717, 1.165) is 57.0 Å². The average Bonchev–Trinajstić information content (AvgIpc) is 3.34. The first kappa shape index (κ1) is 21.2. The number of carbonyl (C=O) groups is 1. The number of hydrogen-bond acceptors (Lipinski definition) is 6. The smallest absolute Gasteiger partial charge is 0.195 e. The van der Waals surface area contributed by atoms with Gasteiger partial charge in [-0.15, -0.1) is 11.3 Å². The van der Waals surface area contributed by atoms with Crippen molar-refractivity contribution in [3.05, 3.63) is 65.7 Å². The summed E-state index contributed by atoms with van der Waals surface area (Å²) in [6.45, 7) is 3.83. The van der Waals surface area contributed by atoms with E-state index in [2.05, 4.69) is 4.90 Å². The molecule has 2 aliphatic rings. The molecule has 0 unspecified atom stereocenters. The van der Waals surface area contributed by atoms with Crippen LogP contribution >= 0.6 is 11.3 Å². The molecule has 0 amide bonds. The van der Waals surface area contributed by atoms with Crippen molar-refractivity contribution in [3.63, 3.8) is 0 Å². The van der Waals surface area contributed by atoms with Gasteiger partial charge in [-0.25, -0.2) is 0 Å². The predicted octanol–water partition coefficient (Wildman–Crippen LogP) is 6.06. The molecule has 1 fully saturated rings. The number of phenols is 2. The van der Waals surface area contributed by atoms with E-state index in [4.69, 9.17) is 4.74 Å². The molecule has 172 valence electrons. The Labute approximate surface area is 201 Å². The standard InChI is InChI=1S/C28H25NO4S/c30-18-7-8-21-23(14-18)27(32)26-25-22(15-19(31)16-24(25)34-28(21)26)17-5-4-6-20(13-17)33-12-11-29-9-2-1-3-10-29/h4-8,13-16,30-31H,1-3,9-12H2. The number of phenolic OH excluding ortho intramolecular Hbond substituents is 2. The number of ketones is 1. The van der Waals surface area contributed by atoms with Gasteiger partial charge < -0.3 is 14.9 Å². The molecule has 0 bridgehead atoms. The fraction of sp³-hybridized carbons (Fsp3) is 0.250. The van der Waals surface area contributed by atoms with Crippen LogP contribution in [0.3, 0.4) is 0 Å². The lowest BCUT2D eigenvalue weighted by Gasteiger charge is -2.26. The summed E-state index contributed by atoms with van der Waals surface area (Å²) in [5.41, 5.74) is 3.70. The molecular formula is C28H25NO4S. The van der Waals surface area contributed by atoms with Gasteiger partial charge in [0.2, 0.25) is 0 Å². The highest BCUT2D eigenvalue weighted by molar-refractivity contribution is 7.23. The summed E-state index contributed by atoms with van der Waals surface area (Å²) in [7, 11) is 0. The summed E-state index contributed by atoms with van der Waals surface area (Å²) in [5, 5.41) is 21.2. The van der Waals surface area contributed by atoms with Crippen LogP contribution in [0.15, 0.2) is 54.6 Å². The maximum absolute atomic E-state index is 13.3. The zero-order valence-corrected chi connectivity index (χ0v) is 19.5. The summed E-state index contributed by atoms with van der Waals surface area (Å²) < 4.78 is 6.94. The monoisotopic (exact) mass is 471 g/mol. The Balaban J connectivity index is 1.36. The molecule has 0 spiro atoms. The number of carbonyl (C=O) groups excluding carboxylic acids is 1. The van der Waals surface area contributed by atoms with E-state index < -0.39 is 0 Å². The maximum atomic E-state index is 13.3. The Kier molecular flexibility index (Phi) is 5.27. The summed E-state index contributed by atoms with van der Waals surface area (Å²) in [5.74, 6) is 0.932. The van der Waals surface area contributed by atoms with Crippen LogP contribution < -0.4 is 4.74 Å². The summed E-state index contributed by atoms with van der Waals surface area (Å²) in [6, 6.07) is 16.2. The Morgan fingerprint density at radius 3 is 2.56 bits per heavy atom. The third-order valence-electron chi connectivity index (χ3n) is 6.77. The summed E-state index contributed by atoms with van der Waals surface area (Å²) in [6.07, 6.45) is 3.84. The molecule has 1 saturated heterocycles. The average molecular weight is 472 g/mol. The molecule has 2 heterocycles. The quantitative estimate of drug-likeness (QED) is 0.326. The minimum absolute atomic E-state index is 0.0822. The Morgan fingerprint density at radius 1 is 0.882 bits per heavy atom. The van der Waals surface area contributed by atoms with Crippen LogP contribution in [0.5, 0.6) is 17.2 Å². The first-order valence-corrected chi connectivity index (χ1v) is 12.5. The van der Waals surface area contributed by atoms with Crippen LogP contribution in [0.2, 0.25) is 0 Å². The number of ether oxygens (including phenoxy) is 1. The minimum Gasteiger partial charge on any atom is -0.508 e. The number of likely N-dealkylation sites (tertiary alicyclic amines) is 1. The van der Waals surface area contributed by atoms with Gasteiger partial charge in [0, 0.05) is 38.2 Å². The van der Waals surface area contributed by atoms with Gasteiger partial charge in [0.15, 0.2) is 5.78 Å². The zero-order valence-electron chi connectivity index (χ0n) is 18.7. The normalized spacial score (nSPS) is 15.5.